The lowest BCUT2D eigenvalue weighted by atomic mass is 9.98. The molecule has 0 aliphatic rings. The van der Waals surface area contributed by atoms with E-state index in [0.29, 0.717) is 0 Å². The highest BCUT2D eigenvalue weighted by molar-refractivity contribution is 6.01. The molecule has 0 saturated carbocycles. The average Bonchev–Trinajstić information content (AvgIpc) is 3.01. The van der Waals surface area contributed by atoms with Crippen LogP contribution in [-0.2, 0) is 0 Å². The third-order valence-electron chi connectivity index (χ3n) is 8.85. The second-order valence-electron chi connectivity index (χ2n) is 12.4. The van der Waals surface area contributed by atoms with Crippen molar-refractivity contribution in [2.45, 2.75) is 148 Å². The molecule has 3 rings (SSSR count). The van der Waals surface area contributed by atoms with Crippen molar-refractivity contribution in [1.29, 1.82) is 0 Å². The molecule has 41 heavy (non-hydrogen) atoms. The van der Waals surface area contributed by atoms with Crippen molar-refractivity contribution in [1.82, 2.24) is 0 Å². The van der Waals surface area contributed by atoms with Crippen LogP contribution in [0.2, 0.25) is 0 Å². The van der Waals surface area contributed by atoms with E-state index < -0.39 is 0 Å². The van der Waals surface area contributed by atoms with Gasteiger partial charge in [-0.3, -0.25) is 0 Å². The molecule has 226 valence electrons. The van der Waals surface area contributed by atoms with Crippen molar-refractivity contribution in [3.8, 4) is 11.1 Å². The molecule has 0 unspecified atom stereocenters. The Morgan fingerprint density at radius 2 is 0.854 bits per heavy atom. The molecule has 3 aromatic rings. The molecule has 1 nitrogen and oxygen atoms in total. The van der Waals surface area contributed by atoms with Gasteiger partial charge in [0.15, 0.2) is 0 Å². The van der Waals surface area contributed by atoms with E-state index in [1.165, 1.54) is 169 Å². The average molecular weight is 556 g/mol. The molecule has 0 aliphatic heterocycles. The maximum atomic E-state index is 3.82. The predicted molar refractivity (Wildman–Crippen MR) is 185 cm³/mol. The molecule has 0 amide bonds. The third kappa shape index (κ3) is 14.0. The van der Waals surface area contributed by atoms with Crippen molar-refractivity contribution >= 4 is 16.5 Å². The number of unbranched alkanes of at least 4 members (excludes halogenated alkanes) is 21. The van der Waals surface area contributed by atoms with E-state index in [0.717, 1.165) is 6.54 Å². The Morgan fingerprint density at radius 1 is 0.415 bits per heavy atom. The van der Waals surface area contributed by atoms with Gasteiger partial charge in [-0.2, -0.15) is 0 Å². The van der Waals surface area contributed by atoms with Gasteiger partial charge in [-0.1, -0.05) is 208 Å². The lowest BCUT2D eigenvalue weighted by Crippen LogP contribution is -2.03. The van der Waals surface area contributed by atoms with E-state index in [2.05, 4.69) is 79.0 Å². The van der Waals surface area contributed by atoms with Gasteiger partial charge in [-0.05, 0) is 17.4 Å². The summed E-state index contributed by atoms with van der Waals surface area (Å²) in [6.45, 7) is 3.35. The Labute approximate surface area is 253 Å². The van der Waals surface area contributed by atoms with Gasteiger partial charge in [-0.15, -0.1) is 0 Å². The summed E-state index contributed by atoms with van der Waals surface area (Å²) in [5, 5.41) is 6.45. The van der Waals surface area contributed by atoms with Gasteiger partial charge in [0.1, 0.15) is 0 Å². The molecular formula is C40H61N. The number of fused-ring (bicyclic) bond motifs is 1. The van der Waals surface area contributed by atoms with Gasteiger partial charge in [0.25, 0.3) is 0 Å². The normalized spacial score (nSPS) is 11.3. The summed E-state index contributed by atoms with van der Waals surface area (Å²) in [6.07, 6.45) is 31.6. The molecule has 0 saturated heterocycles. The molecule has 0 aliphatic carbocycles. The van der Waals surface area contributed by atoms with Crippen molar-refractivity contribution in [3.05, 3.63) is 66.7 Å². The van der Waals surface area contributed by atoms with Gasteiger partial charge in [-0.25, -0.2) is 0 Å². The summed E-state index contributed by atoms with van der Waals surface area (Å²) < 4.78 is 0. The van der Waals surface area contributed by atoms with Crippen LogP contribution in [0.4, 0.5) is 5.69 Å². The summed E-state index contributed by atoms with van der Waals surface area (Å²) in [5.41, 5.74) is 3.88. The molecule has 0 fully saturated rings. The molecule has 0 heterocycles. The van der Waals surface area contributed by atoms with E-state index in [1.54, 1.807) is 0 Å². The minimum atomic E-state index is 1.05. The van der Waals surface area contributed by atoms with Gasteiger partial charge < -0.3 is 5.32 Å². The zero-order valence-electron chi connectivity index (χ0n) is 26.6. The molecule has 0 spiro atoms. The van der Waals surface area contributed by atoms with Gasteiger partial charge >= 0.3 is 0 Å². The number of nitrogens with one attached hydrogen (secondary N) is 1. The van der Waals surface area contributed by atoms with E-state index >= 15 is 0 Å². The fourth-order valence-electron chi connectivity index (χ4n) is 6.27. The molecule has 1 heteroatoms. The molecular weight excluding hydrogens is 494 g/mol. The maximum Gasteiger partial charge on any atom is 0.0499 e. The molecule has 0 radical (unpaired) electrons. The molecule has 3 aromatic carbocycles. The topological polar surface area (TPSA) is 12.0 Å². The van der Waals surface area contributed by atoms with Gasteiger partial charge in [0, 0.05) is 23.2 Å². The van der Waals surface area contributed by atoms with E-state index in [-0.39, 0.29) is 0 Å². The van der Waals surface area contributed by atoms with Crippen LogP contribution in [0.1, 0.15) is 148 Å². The van der Waals surface area contributed by atoms with Crippen molar-refractivity contribution in [2.24, 2.45) is 0 Å². The van der Waals surface area contributed by atoms with E-state index in [9.17, 15) is 0 Å². The van der Waals surface area contributed by atoms with Crippen molar-refractivity contribution < 1.29 is 0 Å². The zero-order chi connectivity index (χ0) is 28.6. The Bertz CT molecular complexity index is 1020. The lowest BCUT2D eigenvalue weighted by molar-refractivity contribution is 0.519. The van der Waals surface area contributed by atoms with Crippen LogP contribution in [-0.4, -0.2) is 6.54 Å². The quantitative estimate of drug-likeness (QED) is 0.102. The first-order valence-electron chi connectivity index (χ1n) is 17.7. The second-order valence-corrected chi connectivity index (χ2v) is 12.4. The highest BCUT2D eigenvalue weighted by Gasteiger charge is 2.09. The fraction of sp³-hybridized carbons (Fsp3) is 0.600. The number of benzene rings is 3. The maximum absolute atomic E-state index is 3.82. The van der Waals surface area contributed by atoms with Gasteiger partial charge in [0.05, 0.1) is 0 Å². The van der Waals surface area contributed by atoms with Crippen LogP contribution in [0.15, 0.2) is 66.7 Å². The lowest BCUT2D eigenvalue weighted by Gasteiger charge is -2.16. The van der Waals surface area contributed by atoms with Crippen LogP contribution in [0, 0.1) is 0 Å². The zero-order valence-corrected chi connectivity index (χ0v) is 26.6. The molecule has 0 atom stereocenters. The number of hydrogen-bond acceptors (Lipinski definition) is 1. The summed E-state index contributed by atoms with van der Waals surface area (Å²) >= 11 is 0. The summed E-state index contributed by atoms with van der Waals surface area (Å²) in [4.78, 5) is 0. The molecule has 1 N–H and O–H groups in total. The minimum Gasteiger partial charge on any atom is -0.384 e. The predicted octanol–water partition coefficient (Wildman–Crippen LogP) is 13.5. The van der Waals surface area contributed by atoms with E-state index in [4.69, 9.17) is 0 Å². The minimum absolute atomic E-state index is 1.05. The standard InChI is InChI=1S/C40H61N/c1-2-3-4-5-6-7-8-9-10-11-12-13-14-15-16-17-18-19-20-21-22-28-35-41-40-38-32-27-26-31-37(38)33-34-39(40)36-29-24-23-25-30-36/h23-27,29-34,41H,2-22,28,35H2,1H3. The summed E-state index contributed by atoms with van der Waals surface area (Å²) in [5.74, 6) is 0. The third-order valence-corrected chi connectivity index (χ3v) is 8.85. The first-order valence-corrected chi connectivity index (χ1v) is 17.7. The fourth-order valence-corrected chi connectivity index (χ4v) is 6.27. The molecule has 0 bridgehead atoms. The Morgan fingerprint density at radius 3 is 1.37 bits per heavy atom. The van der Waals surface area contributed by atoms with Crippen molar-refractivity contribution in [3.63, 3.8) is 0 Å². The Kier molecular flexibility index (Phi) is 18.1. The van der Waals surface area contributed by atoms with Crippen LogP contribution < -0.4 is 5.32 Å². The van der Waals surface area contributed by atoms with Gasteiger partial charge in [0.2, 0.25) is 0 Å². The summed E-state index contributed by atoms with van der Waals surface area (Å²) in [7, 11) is 0. The van der Waals surface area contributed by atoms with Crippen molar-refractivity contribution in [2.75, 3.05) is 11.9 Å². The highest BCUT2D eigenvalue weighted by atomic mass is 14.9. The Hall–Kier alpha value is -2.28. The molecule has 0 aromatic heterocycles. The largest absolute Gasteiger partial charge is 0.384 e. The number of anilines is 1. The summed E-state index contributed by atoms with van der Waals surface area (Å²) in [6, 6.07) is 24.1. The number of rotatable bonds is 25. The van der Waals surface area contributed by atoms with Crippen LogP contribution >= 0.6 is 0 Å². The Balaban J connectivity index is 1.13. The van der Waals surface area contributed by atoms with Crippen LogP contribution in [0.3, 0.4) is 0 Å². The monoisotopic (exact) mass is 555 g/mol. The first-order chi connectivity index (χ1) is 20.4. The second kappa shape index (κ2) is 22.3. The highest BCUT2D eigenvalue weighted by Crippen LogP contribution is 2.34. The first kappa shape index (κ1) is 33.2. The van der Waals surface area contributed by atoms with E-state index in [1.807, 2.05) is 0 Å². The van der Waals surface area contributed by atoms with Crippen LogP contribution in [0.25, 0.3) is 21.9 Å². The van der Waals surface area contributed by atoms with Crippen LogP contribution in [0.5, 0.6) is 0 Å². The SMILES string of the molecule is CCCCCCCCCCCCCCCCCCCCCCCCNc1c(-c2ccccc2)ccc2ccccc12. The number of hydrogen-bond donors (Lipinski definition) is 1. The smallest absolute Gasteiger partial charge is 0.0499 e.